The first-order valence-corrected chi connectivity index (χ1v) is 12.0. The van der Waals surface area contributed by atoms with Gasteiger partial charge in [-0.1, -0.05) is 71.2 Å². The van der Waals surface area contributed by atoms with Crippen LogP contribution in [0.1, 0.15) is 28.0 Å². The zero-order chi connectivity index (χ0) is 26.7. The van der Waals surface area contributed by atoms with Gasteiger partial charge in [0, 0.05) is 37.2 Å². The maximum absolute atomic E-state index is 13.1. The molecule has 0 radical (unpaired) electrons. The molecule has 1 N–H and O–H groups in total. The third kappa shape index (κ3) is 6.75. The van der Waals surface area contributed by atoms with E-state index in [4.69, 9.17) is 34.8 Å². The van der Waals surface area contributed by atoms with E-state index in [2.05, 4.69) is 5.32 Å². The van der Waals surface area contributed by atoms with Crippen LogP contribution in [0.2, 0.25) is 0 Å². The molecule has 0 saturated heterocycles. The van der Waals surface area contributed by atoms with Crippen LogP contribution in [0.5, 0.6) is 0 Å². The lowest BCUT2D eigenvalue weighted by molar-refractivity contribution is -0.137. The first-order chi connectivity index (χ1) is 16.8. The van der Waals surface area contributed by atoms with Crippen molar-refractivity contribution in [2.75, 3.05) is 18.9 Å². The molecule has 5 nitrogen and oxygen atoms in total. The van der Waals surface area contributed by atoms with Crippen molar-refractivity contribution < 1.29 is 22.8 Å². The smallest absolute Gasteiger partial charge is 0.344 e. The van der Waals surface area contributed by atoms with Crippen molar-refractivity contribution in [3.05, 3.63) is 77.5 Å². The zero-order valence-corrected chi connectivity index (χ0v) is 21.6. The second kappa shape index (κ2) is 11.2. The van der Waals surface area contributed by atoms with Crippen molar-refractivity contribution in [1.82, 2.24) is 9.47 Å². The molecule has 3 aromatic rings. The number of nitrogens with one attached hydrogen (secondary N) is 1. The van der Waals surface area contributed by atoms with Crippen LogP contribution in [-0.4, -0.2) is 38.7 Å². The Morgan fingerprint density at radius 3 is 2.28 bits per heavy atom. The Labute approximate surface area is 221 Å². The number of benzene rings is 2. The quantitative estimate of drug-likeness (QED) is 0.318. The Hall–Kier alpha value is -2.68. The van der Waals surface area contributed by atoms with Gasteiger partial charge >= 0.3 is 6.18 Å². The van der Waals surface area contributed by atoms with Crippen molar-refractivity contribution >= 4 is 52.3 Å². The number of carbonyl (C=O) groups is 2. The first kappa shape index (κ1) is 27.9. The van der Waals surface area contributed by atoms with Crippen molar-refractivity contribution in [2.45, 2.75) is 29.9 Å². The van der Waals surface area contributed by atoms with Crippen LogP contribution in [0.15, 0.2) is 60.7 Å². The number of nitrogens with zero attached hydrogens (tertiary/aromatic N) is 2. The molecule has 36 heavy (non-hydrogen) atoms. The number of aromatic nitrogens is 1. The van der Waals surface area contributed by atoms with Gasteiger partial charge in [0.15, 0.2) is 0 Å². The highest BCUT2D eigenvalue weighted by molar-refractivity contribution is 6.76. The molecule has 0 spiro atoms. The van der Waals surface area contributed by atoms with Gasteiger partial charge < -0.3 is 14.8 Å². The number of hydrogen-bond donors (Lipinski definition) is 1. The van der Waals surface area contributed by atoms with E-state index in [0.717, 1.165) is 23.4 Å². The summed E-state index contributed by atoms with van der Waals surface area (Å²) in [6, 6.07) is 15.5. The van der Waals surface area contributed by atoms with E-state index in [1.54, 1.807) is 13.0 Å². The molecule has 1 heterocycles. The van der Waals surface area contributed by atoms with Gasteiger partial charge in [0.25, 0.3) is 15.6 Å². The lowest BCUT2D eigenvalue weighted by Crippen LogP contribution is -2.37. The Morgan fingerprint density at radius 2 is 1.67 bits per heavy atom. The molecular weight excluding hydrogens is 538 g/mol. The third-order valence-corrected chi connectivity index (χ3v) is 6.08. The van der Waals surface area contributed by atoms with Crippen molar-refractivity contribution in [1.29, 1.82) is 0 Å². The monoisotopic (exact) mass is 559 g/mol. The average molecular weight is 561 g/mol. The average Bonchev–Trinajstić information content (AvgIpc) is 3.14. The summed E-state index contributed by atoms with van der Waals surface area (Å²) < 4.78 is 39.1. The second-order valence-electron chi connectivity index (χ2n) is 8.16. The Balaban J connectivity index is 1.86. The molecular formula is C25H23Cl3F3N3O2. The third-order valence-electron chi connectivity index (χ3n) is 5.59. The second-order valence-corrected chi connectivity index (χ2v) is 10.4. The number of amides is 2. The van der Waals surface area contributed by atoms with Crippen molar-refractivity contribution in [2.24, 2.45) is 0 Å². The van der Waals surface area contributed by atoms with Crippen LogP contribution >= 0.6 is 34.8 Å². The standard InChI is InChI=1S/C25H23Cl3F3N3O2/c1-16-20(22(35)32-19-11-6-10-18(14-19)25(29,30)31)15-21(17-8-4-3-5-9-17)34(16)13-7-12-33(2)23(36)24(26,27)28/h3-6,8-11,14-15H,7,12-13H2,1-2H3,(H,32,35). The molecule has 0 aliphatic heterocycles. The summed E-state index contributed by atoms with van der Waals surface area (Å²) in [7, 11) is 1.53. The summed E-state index contributed by atoms with van der Waals surface area (Å²) in [5.41, 5.74) is 1.72. The summed E-state index contributed by atoms with van der Waals surface area (Å²) in [6.45, 7) is 2.48. The minimum absolute atomic E-state index is 0.0371. The fraction of sp³-hybridized carbons (Fsp3) is 0.280. The highest BCUT2D eigenvalue weighted by Crippen LogP contribution is 2.32. The first-order valence-electron chi connectivity index (χ1n) is 10.9. The minimum atomic E-state index is -4.52. The molecule has 0 bridgehead atoms. The van der Waals surface area contributed by atoms with Gasteiger partial charge in [-0.2, -0.15) is 13.2 Å². The molecule has 0 fully saturated rings. The molecule has 3 rings (SSSR count). The summed E-state index contributed by atoms with van der Waals surface area (Å²) in [6.07, 6.45) is -4.03. The van der Waals surface area contributed by atoms with Crippen LogP contribution in [0.25, 0.3) is 11.3 Å². The van der Waals surface area contributed by atoms with E-state index in [-0.39, 0.29) is 5.69 Å². The number of alkyl halides is 6. The predicted octanol–water partition coefficient (Wildman–Crippen LogP) is 6.95. The SMILES string of the molecule is Cc1c(C(=O)Nc2cccc(C(F)(F)F)c2)cc(-c2ccccc2)n1CCCN(C)C(=O)C(Cl)(Cl)Cl. The Bertz CT molecular complexity index is 1240. The normalized spacial score (nSPS) is 11.9. The van der Waals surface area contributed by atoms with Crippen LogP contribution in [-0.2, 0) is 17.5 Å². The van der Waals surface area contributed by atoms with Gasteiger partial charge in [-0.05, 0) is 43.2 Å². The number of halogens is 6. The van der Waals surface area contributed by atoms with E-state index < -0.39 is 27.3 Å². The molecule has 2 amide bonds. The summed E-state index contributed by atoms with van der Waals surface area (Å²) >= 11 is 17.0. The molecule has 0 atom stereocenters. The molecule has 1 aromatic heterocycles. The van der Waals surface area contributed by atoms with Crippen LogP contribution in [0.4, 0.5) is 18.9 Å². The molecule has 0 saturated carbocycles. The maximum Gasteiger partial charge on any atom is 0.416 e. The number of hydrogen-bond acceptors (Lipinski definition) is 2. The van der Waals surface area contributed by atoms with Gasteiger partial charge in [0.05, 0.1) is 11.1 Å². The largest absolute Gasteiger partial charge is 0.416 e. The van der Waals surface area contributed by atoms with Gasteiger partial charge in [-0.3, -0.25) is 9.59 Å². The van der Waals surface area contributed by atoms with E-state index in [0.29, 0.717) is 30.8 Å². The predicted molar refractivity (Wildman–Crippen MR) is 137 cm³/mol. The number of rotatable bonds is 7. The number of carbonyl (C=O) groups excluding carboxylic acids is 2. The van der Waals surface area contributed by atoms with Gasteiger partial charge in [-0.15, -0.1) is 0 Å². The van der Waals surface area contributed by atoms with E-state index in [1.165, 1.54) is 24.1 Å². The maximum atomic E-state index is 13.1. The summed E-state index contributed by atoms with van der Waals surface area (Å²) in [5.74, 6) is -1.19. The molecule has 2 aromatic carbocycles. The highest BCUT2D eigenvalue weighted by atomic mass is 35.6. The van der Waals surface area contributed by atoms with Crippen LogP contribution in [0, 0.1) is 6.92 Å². The summed E-state index contributed by atoms with van der Waals surface area (Å²) in [5, 5.41) is 2.56. The number of anilines is 1. The molecule has 11 heteroatoms. The lowest BCUT2D eigenvalue weighted by atomic mass is 10.1. The summed E-state index contributed by atoms with van der Waals surface area (Å²) in [4.78, 5) is 26.5. The van der Waals surface area contributed by atoms with Crippen LogP contribution in [0.3, 0.4) is 0 Å². The molecule has 0 aliphatic rings. The van der Waals surface area contributed by atoms with Gasteiger partial charge in [0.2, 0.25) is 0 Å². The van der Waals surface area contributed by atoms with E-state index >= 15 is 0 Å². The van der Waals surface area contributed by atoms with Crippen molar-refractivity contribution in [3.8, 4) is 11.3 Å². The van der Waals surface area contributed by atoms with Gasteiger partial charge in [0.1, 0.15) is 0 Å². The molecule has 0 unspecified atom stereocenters. The zero-order valence-electron chi connectivity index (χ0n) is 19.4. The minimum Gasteiger partial charge on any atom is -0.344 e. The van der Waals surface area contributed by atoms with E-state index in [1.807, 2.05) is 34.9 Å². The van der Waals surface area contributed by atoms with Gasteiger partial charge in [-0.25, -0.2) is 0 Å². The van der Waals surface area contributed by atoms with Crippen LogP contribution < -0.4 is 5.32 Å². The Morgan fingerprint density at radius 1 is 1.00 bits per heavy atom. The fourth-order valence-corrected chi connectivity index (χ4v) is 4.20. The van der Waals surface area contributed by atoms with E-state index in [9.17, 15) is 22.8 Å². The fourth-order valence-electron chi connectivity index (χ4n) is 3.77. The highest BCUT2D eigenvalue weighted by Gasteiger charge is 2.33. The molecule has 0 aliphatic carbocycles. The lowest BCUT2D eigenvalue weighted by Gasteiger charge is -2.22. The van der Waals surface area contributed by atoms with Crippen molar-refractivity contribution in [3.63, 3.8) is 0 Å². The molecule has 192 valence electrons. The Kier molecular flexibility index (Phi) is 8.64. The topological polar surface area (TPSA) is 54.3 Å².